The van der Waals surface area contributed by atoms with E-state index in [1.807, 2.05) is 13.8 Å². The van der Waals surface area contributed by atoms with Gasteiger partial charge in [0, 0.05) is 32.5 Å². The SMILES string of the molecule is CC(C)C[C@@H]1NC(=O)[C@H](CCCN=C(N)N)NC(=O)[C@H](C(C)C)NC(=O)[C@@H]2CCCN2C(=O)[C@@H](Cc2ccccc2)NC(=O)[C@H](C)NC(=O)[C@H](CC(=O)O)NC(=O)[C@H]([C@@H](C)O)NC(=O)[C@@H]2CCCN2C(=O)[C@@H](Cc2ccccc2)NC1=O. The molecule has 0 radical (unpaired) electrons. The van der Waals surface area contributed by atoms with E-state index >= 15 is 0 Å². The van der Waals surface area contributed by atoms with E-state index < -0.39 is 144 Å². The van der Waals surface area contributed by atoms with Gasteiger partial charge >= 0.3 is 5.97 Å². The van der Waals surface area contributed by atoms with Crippen molar-refractivity contribution in [1.82, 2.24) is 52.3 Å². The number of aliphatic imine (C=N–C) groups is 1. The standard InChI is InChI=1S/C56H81N13O13/c1-30(2)26-37-49(76)65-40(28-35-18-11-8-12-19-35)55(82)69-25-15-22-42(69)51(78)67-45(33(6)70)53(80)63-38(29-43(71)72)48(75)60-32(5)46(73)64-39(27-34-16-9-7-10-17-34)54(81)68-24-14-21-41(68)50(77)66-44(31(3)4)52(79)61-36(47(74)62-37)20-13-23-59-56(57)58/h7-12,16-19,30-33,36-42,44-45,70H,13-15,20-29H2,1-6H3,(H,60,75)(H,61,79)(H,62,74)(H,63,80)(H,64,73)(H,65,76)(H,66,77)(H,67,78)(H,71,72)(H4,57,58,59)/t32-,33+,36-,37-,38-,39+,40+,41-,42-,44-,45-/m0/s1. The third-order valence-electron chi connectivity index (χ3n) is 14.5. The number of hydrogen-bond acceptors (Lipinski definition) is 13. The second-order valence-corrected chi connectivity index (χ2v) is 21.9. The molecule has 448 valence electrons. The van der Waals surface area contributed by atoms with E-state index in [-0.39, 0.29) is 76.5 Å². The lowest BCUT2D eigenvalue weighted by molar-refractivity contribution is -0.144. The van der Waals surface area contributed by atoms with Gasteiger partial charge in [-0.3, -0.25) is 57.7 Å². The third-order valence-corrected chi connectivity index (χ3v) is 14.5. The summed E-state index contributed by atoms with van der Waals surface area (Å²) >= 11 is 0. The Morgan fingerprint density at radius 2 is 1.01 bits per heavy atom. The fourth-order valence-electron chi connectivity index (χ4n) is 10.1. The van der Waals surface area contributed by atoms with Gasteiger partial charge in [-0.05, 0) is 81.8 Å². The molecule has 3 saturated heterocycles. The van der Waals surface area contributed by atoms with Gasteiger partial charge in [0.25, 0.3) is 0 Å². The number of nitrogens with one attached hydrogen (secondary N) is 8. The van der Waals surface area contributed by atoms with Crippen molar-refractivity contribution in [2.75, 3.05) is 19.6 Å². The Hall–Kier alpha value is -8.16. The number of benzene rings is 2. The Bertz CT molecular complexity index is 2640. The van der Waals surface area contributed by atoms with E-state index in [1.54, 1.807) is 74.5 Å². The number of carboxylic acid groups (broad SMARTS) is 1. The molecular formula is C56H81N13O13. The fourth-order valence-corrected chi connectivity index (χ4v) is 10.1. The molecule has 3 aliphatic rings. The number of hydrogen-bond donors (Lipinski definition) is 12. The van der Waals surface area contributed by atoms with Crippen LogP contribution in [0.15, 0.2) is 65.7 Å². The number of carbonyl (C=O) groups excluding carboxylic acids is 10. The average Bonchev–Trinajstić information content (AvgIpc) is 4.13. The van der Waals surface area contributed by atoms with Gasteiger partial charge in [0.05, 0.1) is 12.5 Å². The zero-order chi connectivity index (χ0) is 60.4. The van der Waals surface area contributed by atoms with E-state index in [4.69, 9.17) is 11.5 Å². The monoisotopic (exact) mass is 1140 g/mol. The lowest BCUT2D eigenvalue weighted by Gasteiger charge is -2.32. The highest BCUT2D eigenvalue weighted by Gasteiger charge is 2.43. The molecule has 11 atom stereocenters. The zero-order valence-corrected chi connectivity index (χ0v) is 47.4. The van der Waals surface area contributed by atoms with Crippen LogP contribution in [-0.2, 0) is 65.6 Å². The summed E-state index contributed by atoms with van der Waals surface area (Å²) in [6, 6.07) is 3.20. The highest BCUT2D eigenvalue weighted by Crippen LogP contribution is 2.23. The molecule has 0 aromatic heterocycles. The van der Waals surface area contributed by atoms with Gasteiger partial charge < -0.3 is 74.0 Å². The smallest absolute Gasteiger partial charge is 0.305 e. The quantitative estimate of drug-likeness (QED) is 0.0552. The summed E-state index contributed by atoms with van der Waals surface area (Å²) in [7, 11) is 0. The zero-order valence-electron chi connectivity index (χ0n) is 47.4. The maximum absolute atomic E-state index is 14.8. The second kappa shape index (κ2) is 30.6. The first-order valence-electron chi connectivity index (χ1n) is 27.9. The molecule has 26 nitrogen and oxygen atoms in total. The summed E-state index contributed by atoms with van der Waals surface area (Å²) in [4.78, 5) is 162. The number of carboxylic acids is 1. The lowest BCUT2D eigenvalue weighted by Crippen LogP contribution is -2.62. The Balaban J connectivity index is 1.57. The number of fused-ring (bicyclic) bond motifs is 2. The van der Waals surface area contributed by atoms with Gasteiger partial charge in [0.1, 0.15) is 60.4 Å². The Kier molecular flexibility index (Phi) is 24.1. The van der Waals surface area contributed by atoms with Crippen LogP contribution >= 0.6 is 0 Å². The van der Waals surface area contributed by atoms with Crippen molar-refractivity contribution >= 4 is 71.0 Å². The van der Waals surface area contributed by atoms with Gasteiger partial charge in [-0.25, -0.2) is 0 Å². The molecule has 3 heterocycles. The summed E-state index contributed by atoms with van der Waals surface area (Å²) in [6.07, 6.45) is -1.70. The van der Waals surface area contributed by atoms with Crippen molar-refractivity contribution in [2.24, 2.45) is 28.3 Å². The first kappa shape index (κ1) is 64.7. The average molecular weight is 1140 g/mol. The van der Waals surface area contributed by atoms with Crippen LogP contribution in [0.25, 0.3) is 0 Å². The number of aliphatic hydroxyl groups is 1. The highest BCUT2D eigenvalue weighted by molar-refractivity contribution is 6.00. The van der Waals surface area contributed by atoms with Crippen LogP contribution in [0.1, 0.15) is 104 Å². The van der Waals surface area contributed by atoms with Gasteiger partial charge in [0.2, 0.25) is 59.1 Å². The normalized spacial score (nSPS) is 26.6. The molecule has 10 amide bonds. The number of nitrogens with zero attached hydrogens (tertiary/aromatic N) is 3. The Morgan fingerprint density at radius 1 is 0.573 bits per heavy atom. The van der Waals surface area contributed by atoms with Crippen molar-refractivity contribution in [1.29, 1.82) is 0 Å². The molecule has 82 heavy (non-hydrogen) atoms. The molecule has 0 bridgehead atoms. The topological polar surface area (TPSA) is 395 Å². The number of amides is 10. The molecule has 5 rings (SSSR count). The van der Waals surface area contributed by atoms with Crippen LogP contribution in [0.3, 0.4) is 0 Å². The van der Waals surface area contributed by atoms with Crippen LogP contribution in [0.5, 0.6) is 0 Å². The number of rotatable bonds is 14. The summed E-state index contributed by atoms with van der Waals surface area (Å²) in [5.74, 6) is -11.0. The van der Waals surface area contributed by atoms with Crippen LogP contribution in [0, 0.1) is 11.8 Å². The number of nitrogens with two attached hydrogens (primary N) is 2. The van der Waals surface area contributed by atoms with Crippen LogP contribution in [-0.4, -0.2) is 177 Å². The van der Waals surface area contributed by atoms with Crippen molar-refractivity contribution in [2.45, 2.75) is 172 Å². The molecule has 3 aliphatic heterocycles. The molecule has 26 heteroatoms. The summed E-state index contributed by atoms with van der Waals surface area (Å²) < 4.78 is 0. The lowest BCUT2D eigenvalue weighted by atomic mass is 9.99. The van der Waals surface area contributed by atoms with Crippen LogP contribution in [0.4, 0.5) is 0 Å². The molecule has 0 spiro atoms. The molecule has 0 unspecified atom stereocenters. The molecule has 14 N–H and O–H groups in total. The minimum Gasteiger partial charge on any atom is -0.481 e. The number of carbonyl (C=O) groups is 11. The summed E-state index contributed by atoms with van der Waals surface area (Å²) in [5.41, 5.74) is 12.4. The van der Waals surface area contributed by atoms with E-state index in [2.05, 4.69) is 47.5 Å². The molecule has 0 aliphatic carbocycles. The van der Waals surface area contributed by atoms with Crippen molar-refractivity contribution in [3.8, 4) is 0 Å². The summed E-state index contributed by atoms with van der Waals surface area (Å²) in [6.45, 7) is 9.56. The third kappa shape index (κ3) is 18.7. The van der Waals surface area contributed by atoms with Gasteiger partial charge in [-0.2, -0.15) is 0 Å². The van der Waals surface area contributed by atoms with Crippen LogP contribution in [0.2, 0.25) is 0 Å². The maximum Gasteiger partial charge on any atom is 0.305 e. The first-order valence-corrected chi connectivity index (χ1v) is 27.9. The largest absolute Gasteiger partial charge is 0.481 e. The molecule has 3 fully saturated rings. The minimum atomic E-state index is -1.88. The van der Waals surface area contributed by atoms with Crippen molar-refractivity contribution in [3.05, 3.63) is 71.8 Å². The first-order chi connectivity index (χ1) is 38.8. The number of aliphatic hydroxyl groups excluding tert-OH is 1. The van der Waals surface area contributed by atoms with Crippen molar-refractivity contribution in [3.63, 3.8) is 0 Å². The number of guanidine groups is 1. The minimum absolute atomic E-state index is 0.0293. The van der Waals surface area contributed by atoms with Crippen LogP contribution < -0.4 is 54.0 Å². The van der Waals surface area contributed by atoms with Gasteiger partial charge in [-0.15, -0.1) is 0 Å². The second-order valence-electron chi connectivity index (χ2n) is 21.9. The van der Waals surface area contributed by atoms with Crippen molar-refractivity contribution < 1.29 is 63.0 Å². The molecule has 2 aromatic rings. The number of aliphatic carboxylic acids is 1. The van der Waals surface area contributed by atoms with E-state index in [0.717, 1.165) is 0 Å². The van der Waals surface area contributed by atoms with Gasteiger partial charge in [0.15, 0.2) is 5.96 Å². The predicted octanol–water partition coefficient (Wildman–Crippen LogP) is -2.02. The van der Waals surface area contributed by atoms with Gasteiger partial charge in [-0.1, -0.05) is 88.4 Å². The van der Waals surface area contributed by atoms with E-state index in [1.165, 1.54) is 23.6 Å². The fraction of sp³-hybridized carbons (Fsp3) is 0.571. The maximum atomic E-state index is 14.8. The predicted molar refractivity (Wildman–Crippen MR) is 299 cm³/mol. The highest BCUT2D eigenvalue weighted by atomic mass is 16.4. The Labute approximate surface area is 476 Å². The Morgan fingerprint density at radius 3 is 1.49 bits per heavy atom. The van der Waals surface area contributed by atoms with E-state index in [9.17, 15) is 63.0 Å². The molecular weight excluding hydrogens is 1060 g/mol. The molecule has 0 saturated carbocycles. The summed E-state index contributed by atoms with van der Waals surface area (Å²) in [5, 5.41) is 41.6. The molecule has 2 aromatic carbocycles. The van der Waals surface area contributed by atoms with E-state index in [0.29, 0.717) is 24.0 Å².